The van der Waals surface area contributed by atoms with Crippen LogP contribution in [0.15, 0.2) is 0 Å². The zero-order chi connectivity index (χ0) is 6.20. The fraction of sp³-hybridized carbons (Fsp3) is 0.875. The average Bonchev–Trinajstić information content (AvgIpc) is 1.86. The maximum absolute atomic E-state index is 4.15. The van der Waals surface area contributed by atoms with Crippen molar-refractivity contribution in [2.45, 2.75) is 33.1 Å². The van der Waals surface area contributed by atoms with Crippen molar-refractivity contribution in [3.05, 3.63) is 6.92 Å². The molecule has 0 aromatic carbocycles. The fourth-order valence-corrected chi connectivity index (χ4v) is 1.41. The van der Waals surface area contributed by atoms with E-state index in [2.05, 4.69) is 20.8 Å². The molecule has 0 aromatic rings. The molecule has 0 aromatic heterocycles. The quantitative estimate of drug-likeness (QED) is 0.451. The number of rotatable bonds is 0. The third-order valence-electron chi connectivity index (χ3n) is 2.57. The summed E-state index contributed by atoms with van der Waals surface area (Å²) in [5, 5.41) is 0. The van der Waals surface area contributed by atoms with Crippen molar-refractivity contribution in [1.29, 1.82) is 0 Å². The molecule has 8 heavy (non-hydrogen) atoms. The average molecular weight is 111 g/mol. The minimum Gasteiger partial charge on any atom is -0.0620 e. The van der Waals surface area contributed by atoms with Crippen LogP contribution in [0.5, 0.6) is 0 Å². The molecule has 0 heteroatoms. The van der Waals surface area contributed by atoms with E-state index in [9.17, 15) is 0 Å². The molecule has 0 amide bonds. The summed E-state index contributed by atoms with van der Waals surface area (Å²) in [4.78, 5) is 0. The molecule has 0 heterocycles. The minimum atomic E-state index is 0.403. The highest BCUT2D eigenvalue weighted by Gasteiger charge is 2.30. The van der Waals surface area contributed by atoms with Gasteiger partial charge in [-0.2, -0.15) is 0 Å². The predicted molar refractivity (Wildman–Crippen MR) is 36.5 cm³/mol. The summed E-state index contributed by atoms with van der Waals surface area (Å²) in [6.07, 6.45) is 4.11. The van der Waals surface area contributed by atoms with Crippen LogP contribution in [0.25, 0.3) is 0 Å². The summed E-state index contributed by atoms with van der Waals surface area (Å²) in [5.41, 5.74) is 0.403. The minimum absolute atomic E-state index is 0.403. The second-order valence-corrected chi connectivity index (χ2v) is 3.45. The van der Waals surface area contributed by atoms with Crippen LogP contribution >= 0.6 is 0 Å². The Balaban J connectivity index is 2.54. The van der Waals surface area contributed by atoms with Crippen LogP contribution in [0.2, 0.25) is 0 Å². The second-order valence-electron chi connectivity index (χ2n) is 3.45. The molecule has 1 fully saturated rings. The molecule has 0 bridgehead atoms. The van der Waals surface area contributed by atoms with Gasteiger partial charge in [-0.1, -0.05) is 26.7 Å². The Hall–Kier alpha value is 0. The van der Waals surface area contributed by atoms with Crippen LogP contribution in [-0.2, 0) is 0 Å². The normalized spacial score (nSPS) is 35.6. The van der Waals surface area contributed by atoms with Crippen molar-refractivity contribution in [2.75, 3.05) is 0 Å². The number of hydrogen-bond acceptors (Lipinski definition) is 0. The Labute approximate surface area is 52.3 Å². The highest BCUT2D eigenvalue weighted by Crippen LogP contribution is 2.41. The van der Waals surface area contributed by atoms with E-state index in [1.165, 1.54) is 19.3 Å². The van der Waals surface area contributed by atoms with E-state index in [4.69, 9.17) is 0 Å². The zero-order valence-electron chi connectivity index (χ0n) is 5.91. The van der Waals surface area contributed by atoms with Crippen molar-refractivity contribution in [1.82, 2.24) is 0 Å². The first-order valence-corrected chi connectivity index (χ1v) is 3.48. The van der Waals surface area contributed by atoms with Gasteiger partial charge >= 0.3 is 0 Å². The van der Waals surface area contributed by atoms with Crippen molar-refractivity contribution in [2.24, 2.45) is 11.3 Å². The largest absolute Gasteiger partial charge is 0.0620 e. The molecule has 0 saturated heterocycles. The molecule has 1 radical (unpaired) electrons. The topological polar surface area (TPSA) is 0 Å². The molecule has 0 nitrogen and oxygen atoms in total. The van der Waals surface area contributed by atoms with E-state index in [1.807, 2.05) is 0 Å². The van der Waals surface area contributed by atoms with E-state index in [-0.39, 0.29) is 0 Å². The molecule has 0 aliphatic heterocycles. The maximum Gasteiger partial charge on any atom is -0.0300 e. The van der Waals surface area contributed by atoms with E-state index >= 15 is 0 Å². The van der Waals surface area contributed by atoms with Gasteiger partial charge in [-0.15, -0.1) is 0 Å². The summed E-state index contributed by atoms with van der Waals surface area (Å²) < 4.78 is 0. The van der Waals surface area contributed by atoms with Gasteiger partial charge in [0.25, 0.3) is 0 Å². The molecular weight excluding hydrogens is 96.1 g/mol. The second kappa shape index (κ2) is 1.75. The third kappa shape index (κ3) is 0.888. The van der Waals surface area contributed by atoms with Crippen molar-refractivity contribution in [3.63, 3.8) is 0 Å². The van der Waals surface area contributed by atoms with Crippen LogP contribution < -0.4 is 0 Å². The monoisotopic (exact) mass is 111 g/mol. The molecule has 1 aliphatic rings. The van der Waals surface area contributed by atoms with Crippen molar-refractivity contribution >= 4 is 0 Å². The van der Waals surface area contributed by atoms with Crippen LogP contribution in [0, 0.1) is 18.3 Å². The molecule has 0 spiro atoms. The lowest BCUT2D eigenvalue weighted by atomic mass is 9.83. The number of hydrogen-bond donors (Lipinski definition) is 0. The summed E-state index contributed by atoms with van der Waals surface area (Å²) in [6.45, 7) is 8.72. The fourth-order valence-electron chi connectivity index (χ4n) is 1.41. The Bertz CT molecular complexity index is 82.0. The van der Waals surface area contributed by atoms with Gasteiger partial charge in [-0.25, -0.2) is 0 Å². The van der Waals surface area contributed by atoms with Gasteiger partial charge in [0, 0.05) is 0 Å². The Kier molecular flexibility index (Phi) is 1.34. The summed E-state index contributed by atoms with van der Waals surface area (Å²) in [5.74, 6) is 0.850. The first kappa shape index (κ1) is 6.12. The van der Waals surface area contributed by atoms with Gasteiger partial charge in [0.2, 0.25) is 0 Å². The maximum atomic E-state index is 4.15. The van der Waals surface area contributed by atoms with Gasteiger partial charge in [0.1, 0.15) is 0 Å². The lowest BCUT2D eigenvalue weighted by molar-refractivity contribution is 0.327. The Morgan fingerprint density at radius 2 is 2.25 bits per heavy atom. The van der Waals surface area contributed by atoms with E-state index in [0.717, 1.165) is 5.92 Å². The van der Waals surface area contributed by atoms with Gasteiger partial charge in [0.05, 0.1) is 0 Å². The van der Waals surface area contributed by atoms with E-state index in [1.54, 1.807) is 0 Å². The highest BCUT2D eigenvalue weighted by molar-refractivity contribution is 4.87. The molecular formula is C8H15. The summed E-state index contributed by atoms with van der Waals surface area (Å²) >= 11 is 0. The molecule has 1 rings (SSSR count). The van der Waals surface area contributed by atoms with Crippen molar-refractivity contribution in [3.8, 4) is 0 Å². The van der Waals surface area contributed by atoms with Gasteiger partial charge in [-0.3, -0.25) is 0 Å². The van der Waals surface area contributed by atoms with Gasteiger partial charge in [-0.05, 0) is 24.7 Å². The standard InChI is InChI=1S/C8H15/c1-7-5-4-6-8(7,2)3/h7H,2,4-6H2,1,3H3. The third-order valence-corrected chi connectivity index (χ3v) is 2.57. The first-order valence-electron chi connectivity index (χ1n) is 3.48. The van der Waals surface area contributed by atoms with E-state index < -0.39 is 0 Å². The first-order chi connectivity index (χ1) is 3.63. The summed E-state index contributed by atoms with van der Waals surface area (Å²) in [6, 6.07) is 0. The molecule has 2 atom stereocenters. The lowest BCUT2D eigenvalue weighted by Gasteiger charge is -2.22. The lowest BCUT2D eigenvalue weighted by Crippen LogP contribution is -2.13. The molecule has 1 aliphatic carbocycles. The zero-order valence-corrected chi connectivity index (χ0v) is 5.91. The van der Waals surface area contributed by atoms with Gasteiger partial charge in [0.15, 0.2) is 0 Å². The molecule has 0 N–H and O–H groups in total. The van der Waals surface area contributed by atoms with Crippen molar-refractivity contribution < 1.29 is 0 Å². The predicted octanol–water partition coefficient (Wildman–Crippen LogP) is 2.65. The van der Waals surface area contributed by atoms with Crippen LogP contribution in [0.1, 0.15) is 33.1 Å². The SMILES string of the molecule is [CH2]C1(C)CCCC1C. The Morgan fingerprint density at radius 3 is 2.38 bits per heavy atom. The Morgan fingerprint density at radius 1 is 1.62 bits per heavy atom. The smallest absolute Gasteiger partial charge is 0.0300 e. The summed E-state index contributed by atoms with van der Waals surface area (Å²) in [7, 11) is 0. The van der Waals surface area contributed by atoms with E-state index in [0.29, 0.717) is 5.41 Å². The van der Waals surface area contributed by atoms with Crippen LogP contribution in [0.4, 0.5) is 0 Å². The van der Waals surface area contributed by atoms with Crippen LogP contribution in [-0.4, -0.2) is 0 Å². The van der Waals surface area contributed by atoms with Crippen LogP contribution in [0.3, 0.4) is 0 Å². The van der Waals surface area contributed by atoms with Gasteiger partial charge < -0.3 is 0 Å². The molecule has 47 valence electrons. The molecule has 2 unspecified atom stereocenters. The highest BCUT2D eigenvalue weighted by atomic mass is 14.4. The molecule has 1 saturated carbocycles.